The third kappa shape index (κ3) is 3.40. The molecule has 1 amide bonds. The summed E-state index contributed by atoms with van der Waals surface area (Å²) < 4.78 is 6.59. The maximum absolute atomic E-state index is 13.5. The molecule has 0 aliphatic carbocycles. The number of hydrogen-bond acceptors (Lipinski definition) is 5. The van der Waals surface area contributed by atoms with Gasteiger partial charge in [0.05, 0.1) is 20.2 Å². The number of likely N-dealkylation sites (tertiary alicyclic amines) is 1. The summed E-state index contributed by atoms with van der Waals surface area (Å²) in [7, 11) is 0. The van der Waals surface area contributed by atoms with Crippen molar-refractivity contribution in [1.82, 2.24) is 15.0 Å². The van der Waals surface area contributed by atoms with Crippen LogP contribution in [0.3, 0.4) is 0 Å². The highest BCUT2D eigenvalue weighted by Gasteiger charge is 2.31. The van der Waals surface area contributed by atoms with Gasteiger partial charge in [-0.1, -0.05) is 47.1 Å². The summed E-state index contributed by atoms with van der Waals surface area (Å²) in [5, 5.41) is 5.80. The van der Waals surface area contributed by atoms with E-state index in [1.54, 1.807) is 24.3 Å². The molecule has 0 saturated carbocycles. The molecule has 0 radical (unpaired) electrons. The zero-order chi connectivity index (χ0) is 20.7. The molecule has 2 aromatic carbocycles. The summed E-state index contributed by atoms with van der Waals surface area (Å²) in [5.74, 6) is 0.690. The zero-order valence-electron chi connectivity index (χ0n) is 16.5. The Morgan fingerprint density at radius 1 is 1.20 bits per heavy atom. The van der Waals surface area contributed by atoms with E-state index >= 15 is 0 Å². The van der Waals surface area contributed by atoms with Gasteiger partial charge >= 0.3 is 0 Å². The number of piperidine rings is 1. The minimum Gasteiger partial charge on any atom is -0.360 e. The van der Waals surface area contributed by atoms with Crippen LogP contribution >= 0.6 is 22.9 Å². The van der Waals surface area contributed by atoms with Gasteiger partial charge in [0.1, 0.15) is 17.0 Å². The van der Waals surface area contributed by atoms with E-state index in [1.807, 2.05) is 41.3 Å². The predicted molar refractivity (Wildman–Crippen MR) is 119 cm³/mol. The maximum atomic E-state index is 13.5. The lowest BCUT2D eigenvalue weighted by Gasteiger charge is -2.31. The predicted octanol–water partition coefficient (Wildman–Crippen LogP) is 5.93. The number of hydrogen-bond donors (Lipinski definition) is 0. The number of fused-ring (bicyclic) bond motifs is 1. The highest BCUT2D eigenvalue weighted by Crippen LogP contribution is 2.35. The van der Waals surface area contributed by atoms with E-state index in [9.17, 15) is 4.79 Å². The molecule has 3 heterocycles. The Kier molecular flexibility index (Phi) is 5.05. The second-order valence-corrected chi connectivity index (χ2v) is 9.02. The summed E-state index contributed by atoms with van der Waals surface area (Å²) in [6.45, 7) is 3.13. The van der Waals surface area contributed by atoms with Gasteiger partial charge in [0, 0.05) is 24.6 Å². The van der Waals surface area contributed by atoms with Crippen molar-refractivity contribution in [2.24, 2.45) is 0 Å². The molecule has 1 saturated heterocycles. The lowest BCUT2D eigenvalue weighted by molar-refractivity contribution is 0.0706. The van der Waals surface area contributed by atoms with Gasteiger partial charge in [-0.15, -0.1) is 11.3 Å². The van der Waals surface area contributed by atoms with E-state index in [4.69, 9.17) is 21.1 Å². The van der Waals surface area contributed by atoms with Crippen molar-refractivity contribution in [1.29, 1.82) is 0 Å². The standard InChI is InChI=1S/C23H20ClN3O2S/c1-14-20(21(26-29-14)16-8-2-3-9-17(16)24)23(28)27-12-6-7-15(13-27)22-25-18-10-4-5-11-19(18)30-22/h2-5,8-11,15H,6-7,12-13H2,1H3. The molecule has 1 unspecified atom stereocenters. The minimum absolute atomic E-state index is 0.0607. The fraction of sp³-hybridized carbons (Fsp3) is 0.261. The Morgan fingerprint density at radius 2 is 2.00 bits per heavy atom. The third-order valence-corrected chi connectivity index (χ3v) is 7.10. The van der Waals surface area contributed by atoms with Crippen molar-refractivity contribution >= 4 is 39.1 Å². The van der Waals surface area contributed by atoms with Gasteiger partial charge in [-0.3, -0.25) is 4.79 Å². The van der Waals surface area contributed by atoms with Gasteiger partial charge in [0.25, 0.3) is 5.91 Å². The van der Waals surface area contributed by atoms with Gasteiger partial charge in [-0.05, 0) is 38.0 Å². The summed E-state index contributed by atoms with van der Waals surface area (Å²) in [5.41, 5.74) is 2.73. The monoisotopic (exact) mass is 437 g/mol. The van der Waals surface area contributed by atoms with Gasteiger partial charge in [-0.25, -0.2) is 4.98 Å². The first-order valence-electron chi connectivity index (χ1n) is 9.97. The second kappa shape index (κ2) is 7.85. The molecule has 0 bridgehead atoms. The van der Waals surface area contributed by atoms with E-state index in [1.165, 1.54) is 4.70 Å². The number of para-hydroxylation sites is 1. The summed E-state index contributed by atoms with van der Waals surface area (Å²) in [4.78, 5) is 20.2. The Labute approximate surface area is 183 Å². The Balaban J connectivity index is 1.44. The van der Waals surface area contributed by atoms with Crippen LogP contribution in [-0.2, 0) is 0 Å². The number of amides is 1. The third-order valence-electron chi connectivity index (χ3n) is 5.57. The van der Waals surface area contributed by atoms with Crippen LogP contribution in [0.25, 0.3) is 21.5 Å². The van der Waals surface area contributed by atoms with E-state index in [2.05, 4.69) is 11.2 Å². The molecule has 5 nitrogen and oxygen atoms in total. The first-order chi connectivity index (χ1) is 14.6. The number of carbonyl (C=O) groups excluding carboxylic acids is 1. The molecule has 0 spiro atoms. The minimum atomic E-state index is -0.0607. The van der Waals surface area contributed by atoms with Crippen molar-refractivity contribution in [2.75, 3.05) is 13.1 Å². The molecule has 1 aliphatic rings. The molecule has 4 aromatic rings. The number of aryl methyl sites for hydroxylation is 1. The average molecular weight is 438 g/mol. The van der Waals surface area contributed by atoms with Gasteiger partial charge in [-0.2, -0.15) is 0 Å². The number of nitrogens with zero attached hydrogens (tertiary/aromatic N) is 3. The number of rotatable bonds is 3. The molecule has 5 rings (SSSR count). The number of thiazole rings is 1. The van der Waals surface area contributed by atoms with Gasteiger partial charge < -0.3 is 9.42 Å². The van der Waals surface area contributed by atoms with Crippen LogP contribution in [0.15, 0.2) is 53.1 Å². The van der Waals surface area contributed by atoms with Crippen LogP contribution in [-0.4, -0.2) is 34.0 Å². The molecular weight excluding hydrogens is 418 g/mol. The van der Waals surface area contributed by atoms with E-state index < -0.39 is 0 Å². The summed E-state index contributed by atoms with van der Waals surface area (Å²) in [6, 6.07) is 15.6. The Morgan fingerprint density at radius 3 is 2.83 bits per heavy atom. The fourth-order valence-corrected chi connectivity index (χ4v) is 5.37. The van der Waals surface area contributed by atoms with Crippen molar-refractivity contribution in [3.8, 4) is 11.3 Å². The average Bonchev–Trinajstić information content (AvgIpc) is 3.37. The quantitative estimate of drug-likeness (QED) is 0.398. The lowest BCUT2D eigenvalue weighted by Crippen LogP contribution is -2.39. The highest BCUT2D eigenvalue weighted by atomic mass is 35.5. The maximum Gasteiger partial charge on any atom is 0.259 e. The molecule has 0 N–H and O–H groups in total. The first-order valence-corrected chi connectivity index (χ1v) is 11.2. The summed E-state index contributed by atoms with van der Waals surface area (Å²) in [6.07, 6.45) is 1.97. The number of benzene rings is 2. The van der Waals surface area contributed by atoms with Crippen molar-refractivity contribution in [3.63, 3.8) is 0 Å². The molecule has 1 fully saturated rings. The largest absolute Gasteiger partial charge is 0.360 e. The Hall–Kier alpha value is -2.70. The second-order valence-electron chi connectivity index (χ2n) is 7.55. The van der Waals surface area contributed by atoms with Crippen molar-refractivity contribution in [3.05, 3.63) is 69.9 Å². The zero-order valence-corrected chi connectivity index (χ0v) is 18.0. The van der Waals surface area contributed by atoms with Crippen molar-refractivity contribution < 1.29 is 9.32 Å². The molecular formula is C23H20ClN3O2S. The number of halogens is 1. The molecule has 152 valence electrons. The molecule has 1 atom stereocenters. The number of aromatic nitrogens is 2. The smallest absolute Gasteiger partial charge is 0.259 e. The molecule has 30 heavy (non-hydrogen) atoms. The van der Waals surface area contributed by atoms with Crippen LogP contribution in [0.1, 0.15) is 39.9 Å². The van der Waals surface area contributed by atoms with E-state index in [0.29, 0.717) is 40.7 Å². The topological polar surface area (TPSA) is 59.2 Å². The lowest BCUT2D eigenvalue weighted by atomic mass is 9.97. The first kappa shape index (κ1) is 19.3. The summed E-state index contributed by atoms with van der Waals surface area (Å²) >= 11 is 8.08. The SMILES string of the molecule is Cc1onc(-c2ccccc2Cl)c1C(=O)N1CCCC(c2nc3ccccc3s2)C1. The Bertz CT molecular complexity index is 1200. The van der Waals surface area contributed by atoms with Crippen molar-refractivity contribution in [2.45, 2.75) is 25.7 Å². The van der Waals surface area contributed by atoms with E-state index in [-0.39, 0.29) is 11.8 Å². The van der Waals surface area contributed by atoms with Crippen LogP contribution in [0.4, 0.5) is 0 Å². The molecule has 2 aromatic heterocycles. The van der Waals surface area contributed by atoms with Gasteiger partial charge in [0.15, 0.2) is 0 Å². The van der Waals surface area contributed by atoms with Crippen LogP contribution in [0, 0.1) is 6.92 Å². The molecule has 1 aliphatic heterocycles. The van der Waals surface area contributed by atoms with Gasteiger partial charge in [0.2, 0.25) is 0 Å². The fourth-order valence-electron chi connectivity index (χ4n) is 4.05. The van der Waals surface area contributed by atoms with Crippen LogP contribution in [0.2, 0.25) is 5.02 Å². The molecule has 7 heteroatoms. The van der Waals surface area contributed by atoms with E-state index in [0.717, 1.165) is 23.4 Å². The normalized spacial score (nSPS) is 16.9. The highest BCUT2D eigenvalue weighted by molar-refractivity contribution is 7.18. The van der Waals surface area contributed by atoms with Crippen LogP contribution in [0.5, 0.6) is 0 Å². The number of carbonyl (C=O) groups is 1. The van der Waals surface area contributed by atoms with Crippen LogP contribution < -0.4 is 0 Å².